The van der Waals surface area contributed by atoms with Crippen molar-refractivity contribution < 1.29 is 23.6 Å². The summed E-state index contributed by atoms with van der Waals surface area (Å²) in [5.41, 5.74) is 0. The zero-order chi connectivity index (χ0) is 11.7. The molecule has 0 rings (SSSR count). The van der Waals surface area contributed by atoms with E-state index in [9.17, 15) is 13.8 Å². The van der Waals surface area contributed by atoms with Gasteiger partial charge in [-0.15, -0.1) is 0 Å². The van der Waals surface area contributed by atoms with Crippen molar-refractivity contribution in [2.24, 2.45) is 0 Å². The summed E-state index contributed by atoms with van der Waals surface area (Å²) < 4.78 is 15.2. The van der Waals surface area contributed by atoms with E-state index >= 15 is 0 Å². The van der Waals surface area contributed by atoms with Crippen molar-refractivity contribution in [2.45, 2.75) is 6.42 Å². The summed E-state index contributed by atoms with van der Waals surface area (Å²) >= 11 is 0. The first-order valence-electron chi connectivity index (χ1n) is 4.38. The molecule has 0 aromatic heterocycles. The van der Waals surface area contributed by atoms with Crippen molar-refractivity contribution in [3.63, 3.8) is 0 Å². The van der Waals surface area contributed by atoms with Gasteiger partial charge < -0.3 is 15.2 Å². The van der Waals surface area contributed by atoms with E-state index in [0.717, 1.165) is 0 Å². The van der Waals surface area contributed by atoms with Gasteiger partial charge in [-0.05, 0) is 6.42 Å². The third-order valence-electron chi connectivity index (χ3n) is 1.39. The van der Waals surface area contributed by atoms with Crippen LogP contribution in [0.1, 0.15) is 6.42 Å². The van der Waals surface area contributed by atoms with Gasteiger partial charge in [-0.2, -0.15) is 0 Å². The van der Waals surface area contributed by atoms with E-state index in [4.69, 9.17) is 5.11 Å². The Kier molecular flexibility index (Phi) is 7.84. The third-order valence-corrected chi connectivity index (χ3v) is 2.25. The molecule has 0 spiro atoms. The topological polar surface area (TPSA) is 92.7 Å². The minimum atomic E-state index is -1.11. The number of carbonyl (C=O) groups excluding carboxylic acids is 1. The number of carboxylic acids is 1. The zero-order valence-electron chi connectivity index (χ0n) is 8.52. The number of aliphatic carboxylic acids is 1. The fraction of sp³-hybridized carbons (Fsp3) is 0.750. The molecular weight excluding hydrogens is 222 g/mol. The van der Waals surface area contributed by atoms with Crippen molar-refractivity contribution >= 4 is 22.7 Å². The molecule has 7 heteroatoms. The van der Waals surface area contributed by atoms with Crippen LogP contribution in [0.4, 0.5) is 0 Å². The van der Waals surface area contributed by atoms with E-state index in [2.05, 4.69) is 10.1 Å². The van der Waals surface area contributed by atoms with Crippen LogP contribution in [-0.2, 0) is 25.1 Å². The lowest BCUT2D eigenvalue weighted by Crippen LogP contribution is -2.30. The van der Waals surface area contributed by atoms with Crippen molar-refractivity contribution in [1.29, 1.82) is 0 Å². The fourth-order valence-electron chi connectivity index (χ4n) is 0.785. The normalized spacial score (nSPS) is 12.1. The molecule has 1 amide bonds. The Morgan fingerprint density at radius 1 is 1.40 bits per heavy atom. The van der Waals surface area contributed by atoms with Gasteiger partial charge in [0.15, 0.2) is 0 Å². The SMILES string of the molecule is CS(=O)CCCNC(=O)COCC(=O)O. The van der Waals surface area contributed by atoms with Crippen molar-refractivity contribution in [3.8, 4) is 0 Å². The average Bonchev–Trinajstić information content (AvgIpc) is 2.11. The maximum Gasteiger partial charge on any atom is 0.329 e. The van der Waals surface area contributed by atoms with Crippen molar-refractivity contribution in [2.75, 3.05) is 31.8 Å². The number of nitrogens with one attached hydrogen (secondary N) is 1. The third kappa shape index (κ3) is 11.0. The summed E-state index contributed by atoms with van der Waals surface area (Å²) in [5.74, 6) is -0.932. The number of amides is 1. The van der Waals surface area contributed by atoms with E-state index in [1.165, 1.54) is 0 Å². The lowest BCUT2D eigenvalue weighted by Gasteiger charge is -2.03. The van der Waals surface area contributed by atoms with Crippen molar-refractivity contribution in [1.82, 2.24) is 5.32 Å². The van der Waals surface area contributed by atoms with Crippen LogP contribution in [0.15, 0.2) is 0 Å². The van der Waals surface area contributed by atoms with Gasteiger partial charge in [-0.1, -0.05) is 0 Å². The maximum atomic E-state index is 11.0. The Morgan fingerprint density at radius 3 is 2.60 bits per heavy atom. The van der Waals surface area contributed by atoms with Gasteiger partial charge in [0, 0.05) is 29.4 Å². The monoisotopic (exact) mass is 237 g/mol. The Hall–Kier alpha value is -0.950. The van der Waals surface area contributed by atoms with Gasteiger partial charge in [0.2, 0.25) is 5.91 Å². The molecule has 0 fully saturated rings. The second kappa shape index (κ2) is 8.37. The number of carboxylic acid groups (broad SMARTS) is 1. The molecule has 0 aliphatic rings. The molecular formula is C8H15NO5S. The number of ether oxygens (including phenoxy) is 1. The molecule has 0 radical (unpaired) electrons. The highest BCUT2D eigenvalue weighted by molar-refractivity contribution is 7.84. The Balaban J connectivity index is 3.33. The van der Waals surface area contributed by atoms with Crippen LogP contribution >= 0.6 is 0 Å². The molecule has 2 N–H and O–H groups in total. The van der Waals surface area contributed by atoms with Crippen molar-refractivity contribution in [3.05, 3.63) is 0 Å². The molecule has 0 aliphatic carbocycles. The molecule has 0 saturated carbocycles. The van der Waals surface area contributed by atoms with Crippen LogP contribution in [0.5, 0.6) is 0 Å². The molecule has 88 valence electrons. The van der Waals surface area contributed by atoms with Gasteiger partial charge in [0.25, 0.3) is 0 Å². The fourth-order valence-corrected chi connectivity index (χ4v) is 1.34. The lowest BCUT2D eigenvalue weighted by atomic mass is 10.4. The maximum absolute atomic E-state index is 11.0. The van der Waals surface area contributed by atoms with Crippen LogP contribution in [0.25, 0.3) is 0 Å². The Labute approximate surface area is 90.4 Å². The van der Waals surface area contributed by atoms with Gasteiger partial charge in [0.05, 0.1) is 0 Å². The minimum absolute atomic E-state index is 0.262. The van der Waals surface area contributed by atoms with Gasteiger partial charge >= 0.3 is 5.97 Å². The summed E-state index contributed by atoms with van der Waals surface area (Å²) in [6.07, 6.45) is 2.23. The molecule has 0 heterocycles. The van der Waals surface area contributed by atoms with E-state index < -0.39 is 23.4 Å². The van der Waals surface area contributed by atoms with E-state index in [1.807, 2.05) is 0 Å². The number of hydrogen-bond acceptors (Lipinski definition) is 4. The van der Waals surface area contributed by atoms with E-state index in [0.29, 0.717) is 18.7 Å². The van der Waals surface area contributed by atoms with Gasteiger partial charge in [0.1, 0.15) is 13.2 Å². The molecule has 0 bridgehead atoms. The van der Waals surface area contributed by atoms with Gasteiger partial charge in [-0.3, -0.25) is 9.00 Å². The molecule has 1 unspecified atom stereocenters. The summed E-state index contributed by atoms with van der Waals surface area (Å²) in [6, 6.07) is 0. The standard InChI is InChI=1S/C8H15NO5S/c1-15(13)4-2-3-9-7(10)5-14-6-8(11)12/h2-6H2,1H3,(H,9,10)(H,11,12). The first kappa shape index (κ1) is 14.1. The minimum Gasteiger partial charge on any atom is -0.480 e. The molecule has 6 nitrogen and oxygen atoms in total. The summed E-state index contributed by atoms with van der Waals surface area (Å²) in [6.45, 7) is -0.317. The first-order chi connectivity index (χ1) is 7.02. The molecule has 0 saturated heterocycles. The highest BCUT2D eigenvalue weighted by Gasteiger charge is 2.02. The summed E-state index contributed by atoms with van der Waals surface area (Å²) in [7, 11) is -0.852. The Bertz CT molecular complexity index is 243. The quantitative estimate of drug-likeness (QED) is 0.527. The number of rotatable bonds is 8. The molecule has 0 aromatic carbocycles. The van der Waals surface area contributed by atoms with E-state index in [-0.39, 0.29) is 12.5 Å². The number of hydrogen-bond donors (Lipinski definition) is 2. The highest BCUT2D eigenvalue weighted by atomic mass is 32.2. The second-order valence-electron chi connectivity index (χ2n) is 2.87. The predicted octanol–water partition coefficient (Wildman–Crippen LogP) is -1.03. The molecule has 0 aromatic rings. The van der Waals surface area contributed by atoms with Crippen LogP contribution in [0, 0.1) is 0 Å². The first-order valence-corrected chi connectivity index (χ1v) is 6.11. The largest absolute Gasteiger partial charge is 0.480 e. The second-order valence-corrected chi connectivity index (χ2v) is 4.42. The summed E-state index contributed by atoms with van der Waals surface area (Å²) in [4.78, 5) is 21.0. The van der Waals surface area contributed by atoms with Gasteiger partial charge in [-0.25, -0.2) is 4.79 Å². The van der Waals surface area contributed by atoms with Crippen LogP contribution in [0.2, 0.25) is 0 Å². The van der Waals surface area contributed by atoms with Crippen LogP contribution in [-0.4, -0.2) is 53.0 Å². The molecule has 0 aliphatic heterocycles. The smallest absolute Gasteiger partial charge is 0.329 e. The molecule has 15 heavy (non-hydrogen) atoms. The highest BCUT2D eigenvalue weighted by Crippen LogP contribution is 1.82. The van der Waals surface area contributed by atoms with Crippen LogP contribution in [0.3, 0.4) is 0 Å². The zero-order valence-corrected chi connectivity index (χ0v) is 9.34. The predicted molar refractivity (Wildman–Crippen MR) is 55.0 cm³/mol. The van der Waals surface area contributed by atoms with Crippen LogP contribution < -0.4 is 5.32 Å². The average molecular weight is 237 g/mol. The number of carbonyl (C=O) groups is 2. The lowest BCUT2D eigenvalue weighted by molar-refractivity contribution is -0.143. The van der Waals surface area contributed by atoms with E-state index in [1.54, 1.807) is 6.26 Å². The summed E-state index contributed by atoms with van der Waals surface area (Å²) in [5, 5.41) is 10.7. The molecule has 1 atom stereocenters. The Morgan fingerprint density at radius 2 is 2.07 bits per heavy atom.